The van der Waals surface area contributed by atoms with Crippen LogP contribution < -0.4 is 9.47 Å². The van der Waals surface area contributed by atoms with E-state index in [9.17, 15) is 18.0 Å². The molecule has 0 saturated carbocycles. The minimum absolute atomic E-state index is 0.0147. The molecule has 0 saturated heterocycles. The largest absolute Gasteiger partial charge is 0.494 e. The lowest BCUT2D eigenvalue weighted by Gasteiger charge is -2.10. The highest BCUT2D eigenvalue weighted by Crippen LogP contribution is 2.36. The third-order valence-electron chi connectivity index (χ3n) is 3.99. The predicted molar refractivity (Wildman–Crippen MR) is 98.5 cm³/mol. The monoisotopic (exact) mass is 405 g/mol. The summed E-state index contributed by atoms with van der Waals surface area (Å²) in [5.41, 5.74) is -0.616. The van der Waals surface area contributed by atoms with Crippen LogP contribution in [0.2, 0.25) is 0 Å². The second-order valence-electron chi connectivity index (χ2n) is 6.24. The van der Waals surface area contributed by atoms with Gasteiger partial charge in [-0.2, -0.15) is 13.2 Å². The highest BCUT2D eigenvalue weighted by atomic mass is 19.4. The van der Waals surface area contributed by atoms with Gasteiger partial charge in [-0.3, -0.25) is 4.79 Å². The number of aromatic nitrogens is 1. The normalized spacial score (nSPS) is 11.3. The number of benzene rings is 2. The fraction of sp³-hybridized carbons (Fsp3) is 0.238. The van der Waals surface area contributed by atoms with E-state index in [1.807, 2.05) is 0 Å². The molecule has 0 spiro atoms. The van der Waals surface area contributed by atoms with Crippen molar-refractivity contribution in [3.63, 3.8) is 0 Å². The van der Waals surface area contributed by atoms with Gasteiger partial charge in [-0.1, -0.05) is 23.4 Å². The zero-order valence-corrected chi connectivity index (χ0v) is 15.5. The number of hydrogen-bond donors (Lipinski definition) is 0. The number of carbonyl (C=O) groups excluding carboxylic acids is 1. The van der Waals surface area contributed by atoms with Crippen molar-refractivity contribution in [2.24, 2.45) is 0 Å². The first-order valence-corrected chi connectivity index (χ1v) is 8.86. The molecule has 0 aliphatic carbocycles. The highest BCUT2D eigenvalue weighted by Gasteiger charge is 2.34. The Morgan fingerprint density at radius 1 is 1.07 bits per heavy atom. The van der Waals surface area contributed by atoms with Gasteiger partial charge < -0.3 is 14.0 Å². The van der Waals surface area contributed by atoms with Crippen molar-refractivity contribution in [2.45, 2.75) is 25.9 Å². The van der Waals surface area contributed by atoms with Crippen molar-refractivity contribution in [2.75, 3.05) is 6.61 Å². The molecular weight excluding hydrogens is 387 g/mol. The van der Waals surface area contributed by atoms with Crippen LogP contribution in [0.5, 0.6) is 11.5 Å². The van der Waals surface area contributed by atoms with E-state index in [0.29, 0.717) is 36.7 Å². The average Bonchev–Trinajstić information content (AvgIpc) is 3.14. The summed E-state index contributed by atoms with van der Waals surface area (Å²) in [5, 5.41) is 3.77. The summed E-state index contributed by atoms with van der Waals surface area (Å²) in [6.45, 7) is 1.70. The van der Waals surface area contributed by atoms with Gasteiger partial charge in [-0.15, -0.1) is 0 Å². The molecule has 0 unspecified atom stereocenters. The summed E-state index contributed by atoms with van der Waals surface area (Å²) < 4.78 is 55.1. The van der Waals surface area contributed by atoms with E-state index in [1.165, 1.54) is 31.2 Å². The van der Waals surface area contributed by atoms with Crippen LogP contribution in [-0.2, 0) is 17.4 Å². The Balaban J connectivity index is 1.53. The molecule has 0 N–H and O–H groups in total. The molecule has 0 aliphatic heterocycles. The number of esters is 1. The van der Waals surface area contributed by atoms with E-state index < -0.39 is 17.7 Å². The maximum Gasteiger partial charge on any atom is 0.417 e. The van der Waals surface area contributed by atoms with Crippen molar-refractivity contribution in [1.82, 2.24) is 5.16 Å². The van der Waals surface area contributed by atoms with Gasteiger partial charge in [0.15, 0.2) is 0 Å². The number of alkyl halides is 3. The third kappa shape index (κ3) is 5.60. The molecule has 0 amide bonds. The van der Waals surface area contributed by atoms with Crippen molar-refractivity contribution in [3.8, 4) is 22.8 Å². The second kappa shape index (κ2) is 8.81. The minimum atomic E-state index is -4.46. The highest BCUT2D eigenvalue weighted by molar-refractivity contribution is 5.69. The second-order valence-corrected chi connectivity index (χ2v) is 6.24. The molecule has 3 rings (SSSR count). The van der Waals surface area contributed by atoms with E-state index in [1.54, 1.807) is 24.3 Å². The van der Waals surface area contributed by atoms with E-state index >= 15 is 0 Å². The lowest BCUT2D eigenvalue weighted by molar-refractivity contribution is -0.137. The maximum absolute atomic E-state index is 13.1. The molecule has 1 heterocycles. The van der Waals surface area contributed by atoms with E-state index in [2.05, 4.69) is 5.16 Å². The molecule has 0 fully saturated rings. The lowest BCUT2D eigenvalue weighted by Crippen LogP contribution is -2.06. The third-order valence-corrected chi connectivity index (χ3v) is 3.99. The van der Waals surface area contributed by atoms with E-state index in [-0.39, 0.29) is 11.3 Å². The van der Waals surface area contributed by atoms with Crippen LogP contribution in [-0.4, -0.2) is 17.7 Å². The fourth-order valence-corrected chi connectivity index (χ4v) is 2.72. The topological polar surface area (TPSA) is 61.6 Å². The zero-order chi connectivity index (χ0) is 20.9. The van der Waals surface area contributed by atoms with Crippen LogP contribution in [0, 0.1) is 0 Å². The molecule has 0 aliphatic rings. The number of nitrogens with zero attached hydrogens (tertiary/aromatic N) is 1. The molecule has 3 aromatic rings. The van der Waals surface area contributed by atoms with Crippen LogP contribution in [0.15, 0.2) is 59.1 Å². The standard InChI is InChI=1S/C21H18F3NO4/c1-14(26)28-16-10-8-15(9-11-16)27-12-4-5-17-13-20(25-29-17)18-6-2-3-7-19(18)21(22,23)24/h2-3,6-11,13H,4-5,12H2,1H3. The summed E-state index contributed by atoms with van der Waals surface area (Å²) in [6, 6.07) is 13.4. The van der Waals surface area contributed by atoms with Crippen LogP contribution in [0.3, 0.4) is 0 Å². The van der Waals surface area contributed by atoms with Crippen molar-refractivity contribution in [3.05, 3.63) is 65.9 Å². The Morgan fingerprint density at radius 2 is 1.76 bits per heavy atom. The molecule has 0 atom stereocenters. The summed E-state index contributed by atoms with van der Waals surface area (Å²) >= 11 is 0. The Kier molecular flexibility index (Phi) is 6.21. The fourth-order valence-electron chi connectivity index (χ4n) is 2.72. The molecule has 29 heavy (non-hydrogen) atoms. The summed E-state index contributed by atoms with van der Waals surface area (Å²) in [4.78, 5) is 10.9. The molecule has 2 aromatic carbocycles. The van der Waals surface area contributed by atoms with Crippen molar-refractivity contribution < 1.29 is 32.0 Å². The lowest BCUT2D eigenvalue weighted by atomic mass is 10.0. The zero-order valence-electron chi connectivity index (χ0n) is 15.5. The number of carbonyl (C=O) groups is 1. The van der Waals surface area contributed by atoms with Crippen LogP contribution in [0.25, 0.3) is 11.3 Å². The van der Waals surface area contributed by atoms with Gasteiger partial charge >= 0.3 is 12.1 Å². The summed E-state index contributed by atoms with van der Waals surface area (Å²) in [6.07, 6.45) is -3.41. The number of hydrogen-bond acceptors (Lipinski definition) is 5. The average molecular weight is 405 g/mol. The first-order valence-electron chi connectivity index (χ1n) is 8.86. The predicted octanol–water partition coefficient (Wildman–Crippen LogP) is 5.30. The Hall–Kier alpha value is -3.29. The molecular formula is C21H18F3NO4. The van der Waals surface area contributed by atoms with Crippen LogP contribution in [0.4, 0.5) is 13.2 Å². The van der Waals surface area contributed by atoms with Gasteiger partial charge in [0.25, 0.3) is 0 Å². The van der Waals surface area contributed by atoms with Gasteiger partial charge in [-0.25, -0.2) is 0 Å². The summed E-state index contributed by atoms with van der Waals surface area (Å²) in [5.74, 6) is 1.12. The van der Waals surface area contributed by atoms with Crippen molar-refractivity contribution >= 4 is 5.97 Å². The molecule has 0 bridgehead atoms. The van der Waals surface area contributed by atoms with Gasteiger partial charge in [-0.05, 0) is 36.8 Å². The SMILES string of the molecule is CC(=O)Oc1ccc(OCCCc2cc(-c3ccccc3C(F)(F)F)no2)cc1. The number of rotatable bonds is 7. The maximum atomic E-state index is 13.1. The number of halogens is 3. The molecule has 0 radical (unpaired) electrons. The molecule has 8 heteroatoms. The van der Waals surface area contributed by atoms with E-state index in [4.69, 9.17) is 14.0 Å². The summed E-state index contributed by atoms with van der Waals surface area (Å²) in [7, 11) is 0. The van der Waals surface area contributed by atoms with Gasteiger partial charge in [0, 0.05) is 25.0 Å². The molecule has 1 aromatic heterocycles. The van der Waals surface area contributed by atoms with E-state index in [0.717, 1.165) is 6.07 Å². The van der Waals surface area contributed by atoms with Gasteiger partial charge in [0.05, 0.1) is 12.2 Å². The number of aryl methyl sites for hydroxylation is 1. The first kappa shape index (κ1) is 20.4. The first-order chi connectivity index (χ1) is 13.8. The quantitative estimate of drug-likeness (QED) is 0.303. The molecule has 5 nitrogen and oxygen atoms in total. The van der Waals surface area contributed by atoms with Gasteiger partial charge in [0.2, 0.25) is 0 Å². The molecule has 152 valence electrons. The Morgan fingerprint density at radius 3 is 2.45 bits per heavy atom. The van der Waals surface area contributed by atoms with Crippen molar-refractivity contribution in [1.29, 1.82) is 0 Å². The Labute approximate surface area is 165 Å². The Bertz CT molecular complexity index is 965. The smallest absolute Gasteiger partial charge is 0.417 e. The van der Waals surface area contributed by atoms with Gasteiger partial charge in [0.1, 0.15) is 23.0 Å². The number of ether oxygens (including phenoxy) is 2. The van der Waals surface area contributed by atoms with Crippen LogP contribution >= 0.6 is 0 Å². The minimum Gasteiger partial charge on any atom is -0.494 e. The van der Waals surface area contributed by atoms with Crippen LogP contribution in [0.1, 0.15) is 24.7 Å².